The third-order valence-corrected chi connectivity index (χ3v) is 4.07. The molecule has 1 aliphatic carbocycles. The first-order chi connectivity index (χ1) is 8.82. The summed E-state index contributed by atoms with van der Waals surface area (Å²) in [5, 5.41) is 0.0772. The maximum atomic E-state index is 13.6. The molecule has 0 radical (unpaired) electrons. The quantitative estimate of drug-likeness (QED) is 0.896. The average molecular weight is 284 g/mol. The lowest BCUT2D eigenvalue weighted by molar-refractivity contribution is -0.123. The summed E-state index contributed by atoms with van der Waals surface area (Å²) in [5.41, 5.74) is 6.55. The van der Waals surface area contributed by atoms with Gasteiger partial charge in [0.15, 0.2) is 0 Å². The Morgan fingerprint density at radius 3 is 2.58 bits per heavy atom. The number of carbonyl (C=O) groups is 1. The van der Waals surface area contributed by atoms with Crippen molar-refractivity contribution in [2.75, 3.05) is 0 Å². The predicted molar refractivity (Wildman–Crippen MR) is 74.8 cm³/mol. The molecule has 0 bridgehead atoms. The van der Waals surface area contributed by atoms with E-state index in [-0.39, 0.29) is 28.2 Å². The van der Waals surface area contributed by atoms with Crippen LogP contribution in [0.5, 0.6) is 0 Å². The van der Waals surface area contributed by atoms with Crippen LogP contribution < -0.4 is 5.73 Å². The maximum absolute atomic E-state index is 13.6. The van der Waals surface area contributed by atoms with E-state index in [1.807, 2.05) is 13.8 Å². The minimum absolute atomic E-state index is 0.0772. The van der Waals surface area contributed by atoms with Crippen molar-refractivity contribution in [3.05, 3.63) is 34.6 Å². The lowest BCUT2D eigenvalue weighted by Crippen LogP contribution is -2.29. The van der Waals surface area contributed by atoms with Crippen LogP contribution in [0.2, 0.25) is 5.02 Å². The van der Waals surface area contributed by atoms with Gasteiger partial charge in [-0.2, -0.15) is 0 Å². The Balaban J connectivity index is 2.30. The van der Waals surface area contributed by atoms with Crippen molar-refractivity contribution in [3.63, 3.8) is 0 Å². The first-order valence-electron chi connectivity index (χ1n) is 6.60. The molecule has 2 nitrogen and oxygen atoms in total. The molecule has 1 aromatic rings. The second-order valence-electron chi connectivity index (χ2n) is 5.85. The number of rotatable bonds is 5. The molecule has 1 saturated carbocycles. The summed E-state index contributed by atoms with van der Waals surface area (Å²) in [6.07, 6.45) is 2.46. The van der Waals surface area contributed by atoms with Crippen LogP contribution >= 0.6 is 11.6 Å². The van der Waals surface area contributed by atoms with E-state index in [9.17, 15) is 9.18 Å². The number of carbonyl (C=O) groups excluding carboxylic acids is 1. The predicted octanol–water partition coefficient (Wildman–Crippen LogP) is 3.67. The van der Waals surface area contributed by atoms with Crippen molar-refractivity contribution in [2.24, 2.45) is 11.7 Å². The van der Waals surface area contributed by atoms with Crippen molar-refractivity contribution in [2.45, 2.75) is 44.6 Å². The molecule has 1 fully saturated rings. The minimum Gasteiger partial charge on any atom is -0.325 e. The molecule has 0 aromatic heterocycles. The molecule has 1 unspecified atom stereocenters. The van der Waals surface area contributed by atoms with Crippen LogP contribution in [0.3, 0.4) is 0 Å². The summed E-state index contributed by atoms with van der Waals surface area (Å²) < 4.78 is 13.6. The van der Waals surface area contributed by atoms with Gasteiger partial charge in [0.1, 0.15) is 11.6 Å². The molecule has 0 saturated heterocycles. The minimum atomic E-state index is -0.484. The van der Waals surface area contributed by atoms with Gasteiger partial charge in [-0.15, -0.1) is 0 Å². The van der Waals surface area contributed by atoms with Gasteiger partial charge in [-0.1, -0.05) is 31.5 Å². The van der Waals surface area contributed by atoms with Gasteiger partial charge in [0, 0.05) is 17.4 Å². The molecule has 1 aromatic carbocycles. The van der Waals surface area contributed by atoms with Gasteiger partial charge >= 0.3 is 0 Å². The highest BCUT2D eigenvalue weighted by Crippen LogP contribution is 2.42. The van der Waals surface area contributed by atoms with Crippen LogP contribution in [0.1, 0.15) is 44.6 Å². The van der Waals surface area contributed by atoms with E-state index < -0.39 is 5.82 Å². The Morgan fingerprint density at radius 1 is 1.47 bits per heavy atom. The van der Waals surface area contributed by atoms with Crippen LogP contribution in [-0.4, -0.2) is 11.3 Å². The maximum Gasteiger partial charge on any atom is 0.142 e. The highest BCUT2D eigenvalue weighted by Gasteiger charge is 2.42. The molecule has 0 amide bonds. The van der Waals surface area contributed by atoms with Gasteiger partial charge in [-0.25, -0.2) is 4.39 Å². The summed E-state index contributed by atoms with van der Waals surface area (Å²) in [7, 11) is 0. The van der Waals surface area contributed by atoms with E-state index in [0.717, 1.165) is 12.8 Å². The zero-order valence-corrected chi connectivity index (χ0v) is 12.0. The molecule has 2 N–H and O–H groups in total. The van der Waals surface area contributed by atoms with Crippen molar-refractivity contribution in [1.82, 2.24) is 0 Å². The topological polar surface area (TPSA) is 43.1 Å². The summed E-state index contributed by atoms with van der Waals surface area (Å²) in [5.74, 6) is -0.800. The molecule has 0 heterocycles. The van der Waals surface area contributed by atoms with Gasteiger partial charge in [0.05, 0.1) is 5.02 Å². The van der Waals surface area contributed by atoms with Crippen molar-refractivity contribution in [1.29, 1.82) is 0 Å². The molecule has 104 valence electrons. The summed E-state index contributed by atoms with van der Waals surface area (Å²) in [6, 6.07) is 4.59. The van der Waals surface area contributed by atoms with Crippen LogP contribution in [0.15, 0.2) is 18.2 Å². The molecule has 2 rings (SSSR count). The number of ketones is 1. The molecular formula is C15H19ClFNO. The van der Waals surface area contributed by atoms with Crippen LogP contribution in [0, 0.1) is 11.7 Å². The van der Waals surface area contributed by atoms with E-state index in [1.54, 1.807) is 6.07 Å². The van der Waals surface area contributed by atoms with E-state index in [4.69, 9.17) is 17.3 Å². The second-order valence-corrected chi connectivity index (χ2v) is 6.26. The van der Waals surface area contributed by atoms with Crippen molar-refractivity contribution < 1.29 is 9.18 Å². The lowest BCUT2D eigenvalue weighted by Gasteiger charge is -2.22. The fourth-order valence-corrected chi connectivity index (χ4v) is 2.40. The molecule has 19 heavy (non-hydrogen) atoms. The van der Waals surface area contributed by atoms with Crippen LogP contribution in [-0.2, 0) is 4.79 Å². The summed E-state index contributed by atoms with van der Waals surface area (Å²) >= 11 is 5.69. The second kappa shape index (κ2) is 5.22. The molecule has 0 aliphatic heterocycles. The molecular weight excluding hydrogens is 265 g/mol. The smallest absolute Gasteiger partial charge is 0.142 e. The van der Waals surface area contributed by atoms with Gasteiger partial charge in [0.2, 0.25) is 0 Å². The van der Waals surface area contributed by atoms with E-state index in [2.05, 4.69) is 0 Å². The van der Waals surface area contributed by atoms with E-state index in [0.29, 0.717) is 12.0 Å². The van der Waals surface area contributed by atoms with E-state index >= 15 is 0 Å². The third-order valence-electron chi connectivity index (χ3n) is 3.76. The van der Waals surface area contributed by atoms with Gasteiger partial charge in [0.25, 0.3) is 0 Å². The summed E-state index contributed by atoms with van der Waals surface area (Å²) in [6.45, 7) is 3.72. The highest BCUT2D eigenvalue weighted by molar-refractivity contribution is 6.30. The Bertz CT molecular complexity index is 497. The Labute approximate surface area is 118 Å². The Hall–Kier alpha value is -0.930. The zero-order valence-electron chi connectivity index (χ0n) is 11.2. The van der Waals surface area contributed by atoms with Crippen LogP contribution in [0.4, 0.5) is 4.39 Å². The van der Waals surface area contributed by atoms with Crippen molar-refractivity contribution in [3.8, 4) is 0 Å². The Morgan fingerprint density at radius 2 is 2.11 bits per heavy atom. The average Bonchev–Trinajstić information content (AvgIpc) is 3.07. The molecule has 1 atom stereocenters. The number of benzene rings is 1. The number of hydrogen-bond donors (Lipinski definition) is 1. The first kappa shape index (κ1) is 14.5. The first-order valence-corrected chi connectivity index (χ1v) is 6.98. The number of halogens is 2. The van der Waals surface area contributed by atoms with E-state index in [1.165, 1.54) is 12.1 Å². The molecule has 0 spiro atoms. The zero-order chi connectivity index (χ0) is 14.2. The monoisotopic (exact) mass is 283 g/mol. The standard InChI is InChI=1S/C15H19ClFNO/c1-9(2)14(19)11(8-15(18)5-6-15)10-3-4-12(16)13(17)7-10/h3-4,7,9,11H,5-6,8,18H2,1-2H3. The van der Waals surface area contributed by atoms with Gasteiger partial charge in [-0.3, -0.25) is 4.79 Å². The normalized spacial score (nSPS) is 18.4. The van der Waals surface area contributed by atoms with Gasteiger partial charge in [-0.05, 0) is 37.0 Å². The highest BCUT2D eigenvalue weighted by atomic mass is 35.5. The molecule has 4 heteroatoms. The van der Waals surface area contributed by atoms with Crippen LogP contribution in [0.25, 0.3) is 0 Å². The van der Waals surface area contributed by atoms with Gasteiger partial charge < -0.3 is 5.73 Å². The number of nitrogens with two attached hydrogens (primary N) is 1. The Kier molecular flexibility index (Phi) is 3.98. The largest absolute Gasteiger partial charge is 0.325 e. The third kappa shape index (κ3) is 3.34. The summed E-state index contributed by atoms with van der Waals surface area (Å²) in [4.78, 5) is 12.3. The number of Topliss-reactive ketones (excluding diaryl/α,β-unsaturated/α-hetero) is 1. The molecule has 1 aliphatic rings. The fourth-order valence-electron chi connectivity index (χ4n) is 2.29. The SMILES string of the molecule is CC(C)C(=O)C(CC1(N)CC1)c1ccc(Cl)c(F)c1. The number of hydrogen-bond acceptors (Lipinski definition) is 2. The fraction of sp³-hybridized carbons (Fsp3) is 0.533. The lowest BCUT2D eigenvalue weighted by atomic mass is 9.83. The van der Waals surface area contributed by atoms with Crippen molar-refractivity contribution >= 4 is 17.4 Å².